The maximum Gasteiger partial charge on any atom is 0.164 e. The van der Waals surface area contributed by atoms with Gasteiger partial charge in [0.15, 0.2) is 11.5 Å². The number of hydrogen-bond donors (Lipinski definition) is 1. The Hall–Kier alpha value is -1.26. The van der Waals surface area contributed by atoms with Gasteiger partial charge < -0.3 is 20.1 Å². The fraction of sp³-hybridized carbons (Fsp3) is 0.571. The van der Waals surface area contributed by atoms with Crippen LogP contribution in [-0.4, -0.2) is 44.8 Å². The standard InChI is InChI=1S/C14H20N2O2/c1-16-8-10(7-15)12(9-16)11-3-2-4-13-14(11)18-6-5-17-13/h2-4,10,12H,5-9,15H2,1H3. The number of ether oxygens (including phenoxy) is 2. The Morgan fingerprint density at radius 2 is 2.11 bits per heavy atom. The van der Waals surface area contributed by atoms with E-state index < -0.39 is 0 Å². The lowest BCUT2D eigenvalue weighted by Crippen LogP contribution is -2.23. The van der Waals surface area contributed by atoms with Gasteiger partial charge in [0.2, 0.25) is 0 Å². The Kier molecular flexibility index (Phi) is 3.14. The Morgan fingerprint density at radius 1 is 1.28 bits per heavy atom. The molecule has 1 aromatic carbocycles. The van der Waals surface area contributed by atoms with E-state index in [9.17, 15) is 0 Å². The first-order valence-electron chi connectivity index (χ1n) is 6.56. The summed E-state index contributed by atoms with van der Waals surface area (Å²) >= 11 is 0. The van der Waals surface area contributed by atoms with Gasteiger partial charge in [-0.3, -0.25) is 0 Å². The zero-order valence-corrected chi connectivity index (χ0v) is 10.8. The lowest BCUT2D eigenvalue weighted by atomic mass is 9.88. The molecule has 0 aromatic heterocycles. The minimum atomic E-state index is 0.455. The first-order valence-corrected chi connectivity index (χ1v) is 6.56. The van der Waals surface area contributed by atoms with Gasteiger partial charge >= 0.3 is 0 Å². The first kappa shape index (κ1) is 11.8. The fourth-order valence-electron chi connectivity index (χ4n) is 3.07. The van der Waals surface area contributed by atoms with Gasteiger partial charge in [0.05, 0.1) is 0 Å². The Morgan fingerprint density at radius 3 is 2.94 bits per heavy atom. The van der Waals surface area contributed by atoms with E-state index in [4.69, 9.17) is 15.2 Å². The summed E-state index contributed by atoms with van der Waals surface area (Å²) in [6.45, 7) is 4.11. The first-order chi connectivity index (χ1) is 8.79. The highest BCUT2D eigenvalue weighted by molar-refractivity contribution is 5.49. The van der Waals surface area contributed by atoms with Gasteiger partial charge in [0.1, 0.15) is 13.2 Å². The molecule has 1 fully saturated rings. The molecule has 0 spiro atoms. The number of likely N-dealkylation sites (N-methyl/N-ethyl adjacent to an activating group) is 1. The van der Waals surface area contributed by atoms with E-state index in [2.05, 4.69) is 24.1 Å². The number of hydrogen-bond acceptors (Lipinski definition) is 4. The molecule has 98 valence electrons. The van der Waals surface area contributed by atoms with Crippen LogP contribution < -0.4 is 15.2 Å². The molecule has 0 aliphatic carbocycles. The minimum Gasteiger partial charge on any atom is -0.486 e. The van der Waals surface area contributed by atoms with Crippen LogP contribution in [0.15, 0.2) is 18.2 Å². The van der Waals surface area contributed by atoms with E-state index >= 15 is 0 Å². The van der Waals surface area contributed by atoms with Crippen molar-refractivity contribution in [3.63, 3.8) is 0 Å². The van der Waals surface area contributed by atoms with Gasteiger partial charge in [0.25, 0.3) is 0 Å². The molecule has 18 heavy (non-hydrogen) atoms. The lowest BCUT2D eigenvalue weighted by molar-refractivity contribution is 0.168. The summed E-state index contributed by atoms with van der Waals surface area (Å²) in [5, 5.41) is 0. The lowest BCUT2D eigenvalue weighted by Gasteiger charge is -2.25. The monoisotopic (exact) mass is 248 g/mol. The zero-order valence-electron chi connectivity index (χ0n) is 10.8. The van der Waals surface area contributed by atoms with Crippen molar-refractivity contribution in [1.82, 2.24) is 4.90 Å². The van der Waals surface area contributed by atoms with Crippen molar-refractivity contribution >= 4 is 0 Å². The van der Waals surface area contributed by atoms with E-state index in [0.29, 0.717) is 25.0 Å². The van der Waals surface area contributed by atoms with Crippen molar-refractivity contribution in [3.8, 4) is 11.5 Å². The third kappa shape index (κ3) is 1.95. The predicted molar refractivity (Wildman–Crippen MR) is 70.2 cm³/mol. The molecule has 4 heteroatoms. The maximum absolute atomic E-state index is 5.90. The Balaban J connectivity index is 1.96. The third-order valence-corrected chi connectivity index (χ3v) is 3.92. The number of rotatable bonds is 2. The normalized spacial score (nSPS) is 27.4. The number of nitrogens with two attached hydrogens (primary N) is 1. The second-order valence-electron chi connectivity index (χ2n) is 5.19. The SMILES string of the molecule is CN1CC(CN)C(c2cccc3c2OCCO3)C1. The number of para-hydroxylation sites is 1. The molecule has 0 amide bonds. The van der Waals surface area contributed by atoms with E-state index in [-0.39, 0.29) is 0 Å². The number of fused-ring (bicyclic) bond motifs is 1. The van der Waals surface area contributed by atoms with Crippen LogP contribution in [0, 0.1) is 5.92 Å². The minimum absolute atomic E-state index is 0.455. The van der Waals surface area contributed by atoms with E-state index in [1.807, 2.05) is 6.07 Å². The molecule has 2 atom stereocenters. The van der Waals surface area contributed by atoms with Gasteiger partial charge in [-0.25, -0.2) is 0 Å². The van der Waals surface area contributed by atoms with Crippen LogP contribution in [0.25, 0.3) is 0 Å². The van der Waals surface area contributed by atoms with Crippen LogP contribution in [0.3, 0.4) is 0 Å². The number of nitrogens with zero attached hydrogens (tertiary/aromatic N) is 1. The molecule has 0 bridgehead atoms. The summed E-state index contributed by atoms with van der Waals surface area (Å²) < 4.78 is 11.5. The average Bonchev–Trinajstić information content (AvgIpc) is 2.79. The third-order valence-electron chi connectivity index (χ3n) is 3.92. The number of likely N-dealkylation sites (tertiary alicyclic amines) is 1. The van der Waals surface area contributed by atoms with Crippen LogP contribution in [0.2, 0.25) is 0 Å². The molecule has 2 N–H and O–H groups in total. The van der Waals surface area contributed by atoms with Crippen molar-refractivity contribution in [1.29, 1.82) is 0 Å². The van der Waals surface area contributed by atoms with Gasteiger partial charge in [-0.1, -0.05) is 12.1 Å². The van der Waals surface area contributed by atoms with Crippen LogP contribution in [0.1, 0.15) is 11.5 Å². The summed E-state index contributed by atoms with van der Waals surface area (Å²) in [5.74, 6) is 2.77. The maximum atomic E-state index is 5.90. The molecule has 1 saturated heterocycles. The number of benzene rings is 1. The molecule has 4 nitrogen and oxygen atoms in total. The molecule has 2 unspecified atom stereocenters. The Bertz CT molecular complexity index is 436. The summed E-state index contributed by atoms with van der Waals surface area (Å²) in [4.78, 5) is 2.34. The molecule has 0 saturated carbocycles. The van der Waals surface area contributed by atoms with E-state index in [0.717, 1.165) is 31.1 Å². The molecule has 2 aliphatic heterocycles. The van der Waals surface area contributed by atoms with E-state index in [1.54, 1.807) is 0 Å². The summed E-state index contributed by atoms with van der Waals surface area (Å²) in [6, 6.07) is 6.18. The fourth-order valence-corrected chi connectivity index (χ4v) is 3.07. The molecule has 3 rings (SSSR count). The predicted octanol–water partition coefficient (Wildman–Crippen LogP) is 1.06. The second kappa shape index (κ2) is 4.78. The highest BCUT2D eigenvalue weighted by atomic mass is 16.6. The zero-order chi connectivity index (χ0) is 12.5. The van der Waals surface area contributed by atoms with Crippen molar-refractivity contribution in [3.05, 3.63) is 23.8 Å². The molecular weight excluding hydrogens is 228 g/mol. The topological polar surface area (TPSA) is 47.7 Å². The summed E-state index contributed by atoms with van der Waals surface area (Å²) in [7, 11) is 2.15. The smallest absolute Gasteiger partial charge is 0.164 e. The van der Waals surface area contributed by atoms with Crippen molar-refractivity contribution in [2.75, 3.05) is 39.9 Å². The van der Waals surface area contributed by atoms with E-state index in [1.165, 1.54) is 5.56 Å². The summed E-state index contributed by atoms with van der Waals surface area (Å²) in [6.07, 6.45) is 0. The highest BCUT2D eigenvalue weighted by Gasteiger charge is 2.34. The molecular formula is C14H20N2O2. The largest absolute Gasteiger partial charge is 0.486 e. The van der Waals surface area contributed by atoms with Crippen molar-refractivity contribution in [2.24, 2.45) is 11.7 Å². The molecule has 2 heterocycles. The van der Waals surface area contributed by atoms with Gasteiger partial charge in [-0.15, -0.1) is 0 Å². The average molecular weight is 248 g/mol. The van der Waals surface area contributed by atoms with Gasteiger partial charge in [-0.05, 0) is 25.6 Å². The quantitative estimate of drug-likeness (QED) is 0.850. The van der Waals surface area contributed by atoms with Gasteiger partial charge in [-0.2, -0.15) is 0 Å². The van der Waals surface area contributed by atoms with Crippen LogP contribution >= 0.6 is 0 Å². The molecule has 2 aliphatic rings. The van der Waals surface area contributed by atoms with Crippen LogP contribution in [0.5, 0.6) is 11.5 Å². The molecule has 1 aromatic rings. The Labute approximate surface area is 108 Å². The van der Waals surface area contributed by atoms with Crippen LogP contribution in [-0.2, 0) is 0 Å². The van der Waals surface area contributed by atoms with Gasteiger partial charge in [0, 0.05) is 24.6 Å². The van der Waals surface area contributed by atoms with Crippen LogP contribution in [0.4, 0.5) is 0 Å². The highest BCUT2D eigenvalue weighted by Crippen LogP contribution is 2.42. The van der Waals surface area contributed by atoms with Crippen molar-refractivity contribution < 1.29 is 9.47 Å². The second-order valence-corrected chi connectivity index (χ2v) is 5.19. The van der Waals surface area contributed by atoms with Crippen molar-refractivity contribution in [2.45, 2.75) is 5.92 Å². The molecule has 0 radical (unpaired) electrons. The summed E-state index contributed by atoms with van der Waals surface area (Å²) in [5.41, 5.74) is 7.16.